The van der Waals surface area contributed by atoms with E-state index in [0.29, 0.717) is 28.5 Å². The van der Waals surface area contributed by atoms with Crippen LogP contribution in [-0.4, -0.2) is 16.7 Å². The van der Waals surface area contributed by atoms with Gasteiger partial charge in [-0.3, -0.25) is 9.59 Å². The number of hydrogen-bond acceptors (Lipinski definition) is 3. The molecule has 0 spiro atoms. The smallest absolute Gasteiger partial charge is 0.228 e. The number of carbonyl (C=O) groups excluding carboxylic acids is 2. The Labute approximate surface area is 137 Å². The number of rotatable bonds is 3. The molecule has 2 aliphatic carbocycles. The number of benzene rings is 1. The molecule has 3 nitrogen and oxygen atoms in total. The summed E-state index contributed by atoms with van der Waals surface area (Å²) in [5.74, 6) is 0.526. The van der Waals surface area contributed by atoms with Crippen molar-refractivity contribution >= 4 is 11.6 Å². The van der Waals surface area contributed by atoms with Crippen LogP contribution in [0.5, 0.6) is 0 Å². The van der Waals surface area contributed by atoms with Crippen LogP contribution >= 0.6 is 0 Å². The monoisotopic (exact) mass is 312 g/mol. The molecule has 0 radical (unpaired) electrons. The van der Waals surface area contributed by atoms with E-state index in [4.69, 9.17) is 0 Å². The van der Waals surface area contributed by atoms with E-state index in [1.54, 1.807) is 24.3 Å². The van der Waals surface area contributed by atoms with Gasteiger partial charge < -0.3 is 5.11 Å². The minimum absolute atomic E-state index is 0.0169. The molecule has 0 unspecified atom stereocenters. The van der Waals surface area contributed by atoms with E-state index in [1.165, 1.54) is 6.42 Å². The van der Waals surface area contributed by atoms with Gasteiger partial charge in [0, 0.05) is 16.7 Å². The third-order valence-corrected chi connectivity index (χ3v) is 5.19. The van der Waals surface area contributed by atoms with E-state index >= 15 is 0 Å². The maximum absolute atomic E-state index is 12.8. The molecule has 0 aliphatic heterocycles. The minimum Gasteiger partial charge on any atom is -0.504 e. The van der Waals surface area contributed by atoms with Gasteiger partial charge in [0.05, 0.1) is 0 Å². The number of carbonyl (C=O) groups is 2. The lowest BCUT2D eigenvalue weighted by Gasteiger charge is -2.32. The summed E-state index contributed by atoms with van der Waals surface area (Å²) in [5.41, 5.74) is 1.12. The summed E-state index contributed by atoms with van der Waals surface area (Å²) in [7, 11) is 0. The normalized spacial score (nSPS) is 25.0. The molecule has 1 N–H and O–H groups in total. The van der Waals surface area contributed by atoms with E-state index in [0.717, 1.165) is 25.7 Å². The molecular weight excluding hydrogens is 288 g/mol. The Hall–Kier alpha value is -1.90. The molecule has 3 heteroatoms. The van der Waals surface area contributed by atoms with Gasteiger partial charge in [-0.1, -0.05) is 38.1 Å². The van der Waals surface area contributed by atoms with Crippen LogP contribution in [0.4, 0.5) is 0 Å². The quantitative estimate of drug-likeness (QED) is 0.877. The van der Waals surface area contributed by atoms with E-state index in [2.05, 4.69) is 13.8 Å². The minimum atomic E-state index is -0.403. The van der Waals surface area contributed by atoms with Crippen LogP contribution in [-0.2, 0) is 0 Å². The Morgan fingerprint density at radius 3 is 2.13 bits per heavy atom. The fraction of sp³-hybridized carbons (Fsp3) is 0.500. The maximum Gasteiger partial charge on any atom is 0.228 e. The third kappa shape index (κ3) is 2.97. The Morgan fingerprint density at radius 2 is 1.57 bits per heavy atom. The average Bonchev–Trinajstić information content (AvgIpc) is 2.54. The predicted octanol–water partition coefficient (Wildman–Crippen LogP) is 4.73. The number of aliphatic hydroxyl groups excluding tert-OH is 1. The first-order valence-electron chi connectivity index (χ1n) is 8.60. The highest BCUT2D eigenvalue weighted by molar-refractivity contribution is 6.26. The van der Waals surface area contributed by atoms with Crippen LogP contribution < -0.4 is 0 Å². The first-order chi connectivity index (χ1) is 11.0. The average molecular weight is 312 g/mol. The second-order valence-electron chi connectivity index (χ2n) is 7.31. The summed E-state index contributed by atoms with van der Waals surface area (Å²) in [4.78, 5) is 25.1. The highest BCUT2D eigenvalue weighted by atomic mass is 16.3. The van der Waals surface area contributed by atoms with E-state index in [1.807, 2.05) is 0 Å². The van der Waals surface area contributed by atoms with Crippen molar-refractivity contribution in [3.05, 3.63) is 46.7 Å². The molecule has 122 valence electrons. The molecule has 3 rings (SSSR count). The summed E-state index contributed by atoms with van der Waals surface area (Å²) < 4.78 is 0. The van der Waals surface area contributed by atoms with Crippen molar-refractivity contribution in [3.63, 3.8) is 0 Å². The van der Waals surface area contributed by atoms with Gasteiger partial charge in [0.15, 0.2) is 11.5 Å². The molecule has 1 aromatic rings. The van der Waals surface area contributed by atoms with Gasteiger partial charge in [0.2, 0.25) is 5.78 Å². The van der Waals surface area contributed by atoms with Crippen molar-refractivity contribution < 1.29 is 14.7 Å². The summed E-state index contributed by atoms with van der Waals surface area (Å²) in [5, 5.41) is 10.3. The van der Waals surface area contributed by atoms with Gasteiger partial charge >= 0.3 is 0 Å². The molecule has 0 aromatic heterocycles. The van der Waals surface area contributed by atoms with Crippen molar-refractivity contribution in [1.29, 1.82) is 0 Å². The molecule has 1 fully saturated rings. The molecular formula is C20H24O3. The van der Waals surface area contributed by atoms with Gasteiger partial charge in [0.25, 0.3) is 0 Å². The predicted molar refractivity (Wildman–Crippen MR) is 89.7 cm³/mol. The Bertz CT molecular complexity index is 661. The highest BCUT2D eigenvalue weighted by Gasteiger charge is 2.37. The molecule has 0 saturated heterocycles. The van der Waals surface area contributed by atoms with Gasteiger partial charge in [-0.15, -0.1) is 0 Å². The number of ketones is 2. The van der Waals surface area contributed by atoms with Crippen LogP contribution in [0.2, 0.25) is 0 Å². The number of aliphatic hydroxyl groups is 1. The largest absolute Gasteiger partial charge is 0.504 e. The summed E-state index contributed by atoms with van der Waals surface area (Å²) >= 11 is 0. The van der Waals surface area contributed by atoms with Crippen LogP contribution in [0.25, 0.3) is 0 Å². The zero-order valence-corrected chi connectivity index (χ0v) is 13.8. The maximum atomic E-state index is 12.8. The zero-order chi connectivity index (χ0) is 16.6. The van der Waals surface area contributed by atoms with Crippen LogP contribution in [0.1, 0.15) is 66.7 Å². The SMILES string of the molecule is CC(C)CC1CCC(C2=C(O)C(=O)c3ccccc3C2=O)CC1. The lowest BCUT2D eigenvalue weighted by molar-refractivity contribution is 0.0911. The topological polar surface area (TPSA) is 54.4 Å². The molecule has 1 saturated carbocycles. The molecule has 0 amide bonds. The van der Waals surface area contributed by atoms with Crippen LogP contribution in [0.15, 0.2) is 35.6 Å². The first-order valence-corrected chi connectivity index (χ1v) is 8.60. The summed E-state index contributed by atoms with van der Waals surface area (Å²) in [6.07, 6.45) is 5.13. The zero-order valence-electron chi connectivity index (χ0n) is 13.8. The Kier molecular flexibility index (Phi) is 4.38. The van der Waals surface area contributed by atoms with Crippen molar-refractivity contribution in [3.8, 4) is 0 Å². The number of hydrogen-bond donors (Lipinski definition) is 1. The fourth-order valence-corrected chi connectivity index (χ4v) is 4.11. The third-order valence-electron chi connectivity index (χ3n) is 5.19. The van der Waals surface area contributed by atoms with Gasteiger partial charge in [-0.2, -0.15) is 0 Å². The second-order valence-corrected chi connectivity index (χ2v) is 7.31. The molecule has 0 bridgehead atoms. The summed E-state index contributed by atoms with van der Waals surface area (Å²) in [6.45, 7) is 4.47. The van der Waals surface area contributed by atoms with E-state index in [9.17, 15) is 14.7 Å². The molecule has 0 atom stereocenters. The van der Waals surface area contributed by atoms with E-state index < -0.39 is 5.78 Å². The van der Waals surface area contributed by atoms with Gasteiger partial charge in [-0.25, -0.2) is 0 Å². The van der Waals surface area contributed by atoms with E-state index in [-0.39, 0.29) is 17.5 Å². The van der Waals surface area contributed by atoms with Crippen molar-refractivity contribution in [2.24, 2.45) is 17.8 Å². The summed E-state index contributed by atoms with van der Waals surface area (Å²) in [6, 6.07) is 6.79. The molecule has 23 heavy (non-hydrogen) atoms. The highest BCUT2D eigenvalue weighted by Crippen LogP contribution is 2.40. The lowest BCUT2D eigenvalue weighted by atomic mass is 9.72. The van der Waals surface area contributed by atoms with Crippen LogP contribution in [0, 0.1) is 17.8 Å². The first kappa shape index (κ1) is 16.0. The number of fused-ring (bicyclic) bond motifs is 1. The lowest BCUT2D eigenvalue weighted by Crippen LogP contribution is -2.28. The van der Waals surface area contributed by atoms with Crippen molar-refractivity contribution in [2.45, 2.75) is 46.0 Å². The standard InChI is InChI=1S/C20H24O3/c1-12(2)11-13-7-9-14(10-8-13)17-18(21)15-5-3-4-6-16(15)19(22)20(17)23/h3-6,12-14,23H,7-11H2,1-2H3. The van der Waals surface area contributed by atoms with Crippen molar-refractivity contribution in [1.82, 2.24) is 0 Å². The molecule has 1 aromatic carbocycles. The fourth-order valence-electron chi connectivity index (χ4n) is 4.11. The molecule has 2 aliphatic rings. The van der Waals surface area contributed by atoms with Crippen molar-refractivity contribution in [2.75, 3.05) is 0 Å². The van der Waals surface area contributed by atoms with Gasteiger partial charge in [-0.05, 0) is 49.9 Å². The van der Waals surface area contributed by atoms with Crippen LogP contribution in [0.3, 0.4) is 0 Å². The Balaban J connectivity index is 1.82. The number of Topliss-reactive ketones (excluding diaryl/α,β-unsaturated/α-hetero) is 2. The van der Waals surface area contributed by atoms with Gasteiger partial charge in [0.1, 0.15) is 0 Å². The molecule has 0 heterocycles. The number of allylic oxidation sites excluding steroid dienone is 2. The second kappa shape index (κ2) is 6.31. The Morgan fingerprint density at radius 1 is 1.00 bits per heavy atom.